The SMILES string of the molecule is NC(=O)C(N=O)C1c2ccccc2CCc2ccccc21. The quantitative estimate of drug-likeness (QED) is 0.877. The summed E-state index contributed by atoms with van der Waals surface area (Å²) in [7, 11) is 0. The zero-order valence-corrected chi connectivity index (χ0v) is 11.5. The highest BCUT2D eigenvalue weighted by atomic mass is 16.3. The van der Waals surface area contributed by atoms with Crippen LogP contribution in [0, 0.1) is 4.91 Å². The first-order valence-corrected chi connectivity index (χ1v) is 6.99. The first-order chi connectivity index (χ1) is 10.2. The van der Waals surface area contributed by atoms with Crippen molar-refractivity contribution in [3.8, 4) is 0 Å². The zero-order chi connectivity index (χ0) is 14.8. The van der Waals surface area contributed by atoms with Crippen molar-refractivity contribution in [2.45, 2.75) is 24.8 Å². The second-order valence-corrected chi connectivity index (χ2v) is 5.33. The topological polar surface area (TPSA) is 72.5 Å². The minimum Gasteiger partial charge on any atom is -0.368 e. The van der Waals surface area contributed by atoms with Gasteiger partial charge < -0.3 is 5.73 Å². The molecule has 0 fully saturated rings. The Kier molecular flexibility index (Phi) is 3.52. The Balaban J connectivity index is 2.24. The molecule has 0 heterocycles. The van der Waals surface area contributed by atoms with Crippen molar-refractivity contribution >= 4 is 5.91 Å². The lowest BCUT2D eigenvalue weighted by molar-refractivity contribution is -0.119. The summed E-state index contributed by atoms with van der Waals surface area (Å²) in [6, 6.07) is 14.7. The average Bonchev–Trinajstić information content (AvgIpc) is 2.66. The molecule has 21 heavy (non-hydrogen) atoms. The predicted molar refractivity (Wildman–Crippen MR) is 80.9 cm³/mol. The lowest BCUT2D eigenvalue weighted by Crippen LogP contribution is -2.33. The molecule has 106 valence electrons. The highest BCUT2D eigenvalue weighted by Gasteiger charge is 2.34. The van der Waals surface area contributed by atoms with Crippen LogP contribution in [0.2, 0.25) is 0 Å². The average molecular weight is 280 g/mol. The number of primary amides is 1. The van der Waals surface area contributed by atoms with E-state index in [1.165, 1.54) is 0 Å². The molecule has 1 amide bonds. The van der Waals surface area contributed by atoms with Gasteiger partial charge in [-0.15, -0.1) is 4.91 Å². The van der Waals surface area contributed by atoms with Crippen molar-refractivity contribution in [2.24, 2.45) is 10.9 Å². The van der Waals surface area contributed by atoms with Crippen molar-refractivity contribution < 1.29 is 4.79 Å². The van der Waals surface area contributed by atoms with E-state index in [0.717, 1.165) is 35.1 Å². The van der Waals surface area contributed by atoms with E-state index in [1.54, 1.807) is 0 Å². The lowest BCUT2D eigenvalue weighted by Gasteiger charge is -2.22. The van der Waals surface area contributed by atoms with Crippen molar-refractivity contribution in [3.05, 3.63) is 75.7 Å². The van der Waals surface area contributed by atoms with Crippen LogP contribution in [0.3, 0.4) is 0 Å². The molecule has 1 aliphatic carbocycles. The van der Waals surface area contributed by atoms with Gasteiger partial charge in [0, 0.05) is 5.92 Å². The molecule has 1 atom stereocenters. The van der Waals surface area contributed by atoms with E-state index in [1.807, 2.05) is 48.5 Å². The number of aryl methyl sites for hydroxylation is 2. The maximum Gasteiger partial charge on any atom is 0.246 e. The number of nitrogens with two attached hydrogens (primary N) is 1. The number of hydrogen-bond donors (Lipinski definition) is 1. The van der Waals surface area contributed by atoms with Crippen LogP contribution in [-0.2, 0) is 17.6 Å². The Morgan fingerprint density at radius 1 is 1.00 bits per heavy atom. The third-order valence-corrected chi connectivity index (χ3v) is 4.16. The van der Waals surface area contributed by atoms with Gasteiger partial charge >= 0.3 is 0 Å². The van der Waals surface area contributed by atoms with Crippen LogP contribution >= 0.6 is 0 Å². The van der Waals surface area contributed by atoms with Gasteiger partial charge in [0.15, 0.2) is 6.04 Å². The molecule has 2 aromatic carbocycles. The molecule has 0 saturated heterocycles. The number of fused-ring (bicyclic) bond motifs is 2. The Morgan fingerprint density at radius 2 is 1.48 bits per heavy atom. The Labute approximate surface area is 123 Å². The molecule has 2 aromatic rings. The number of hydrogen-bond acceptors (Lipinski definition) is 3. The molecule has 0 radical (unpaired) electrons. The fraction of sp³-hybridized carbons (Fsp3) is 0.235. The number of amides is 1. The first kappa shape index (κ1) is 13.5. The molecule has 4 nitrogen and oxygen atoms in total. The minimum atomic E-state index is -1.08. The standard InChI is InChI=1S/C17H16N2O2/c18-17(20)16(19-21)15-13-7-3-1-5-11(13)9-10-12-6-2-4-8-14(12)15/h1-8,15-16H,9-10H2,(H2,18,20). The Hall–Kier alpha value is -2.49. The van der Waals surface area contributed by atoms with Gasteiger partial charge in [0.05, 0.1) is 0 Å². The highest BCUT2D eigenvalue weighted by molar-refractivity contribution is 5.82. The molecule has 3 rings (SSSR count). The van der Waals surface area contributed by atoms with Crippen molar-refractivity contribution in [2.75, 3.05) is 0 Å². The molecular formula is C17H16N2O2. The van der Waals surface area contributed by atoms with E-state index in [9.17, 15) is 9.70 Å². The first-order valence-electron chi connectivity index (χ1n) is 6.99. The molecule has 1 aliphatic rings. The van der Waals surface area contributed by atoms with Gasteiger partial charge in [0.25, 0.3) is 0 Å². The summed E-state index contributed by atoms with van der Waals surface area (Å²) in [4.78, 5) is 22.9. The normalized spacial score (nSPS) is 15.4. The third-order valence-electron chi connectivity index (χ3n) is 4.16. The fourth-order valence-corrected chi connectivity index (χ4v) is 3.18. The van der Waals surface area contributed by atoms with Crippen molar-refractivity contribution in [1.29, 1.82) is 0 Å². The van der Waals surface area contributed by atoms with Crippen LogP contribution in [0.15, 0.2) is 53.7 Å². The van der Waals surface area contributed by atoms with Gasteiger partial charge in [-0.2, -0.15) is 0 Å². The molecule has 0 aliphatic heterocycles. The minimum absolute atomic E-state index is 0.394. The smallest absolute Gasteiger partial charge is 0.246 e. The van der Waals surface area contributed by atoms with E-state index >= 15 is 0 Å². The van der Waals surface area contributed by atoms with E-state index in [2.05, 4.69) is 5.18 Å². The monoisotopic (exact) mass is 280 g/mol. The van der Waals surface area contributed by atoms with Gasteiger partial charge in [-0.25, -0.2) is 0 Å². The van der Waals surface area contributed by atoms with Crippen LogP contribution < -0.4 is 5.73 Å². The molecule has 0 bridgehead atoms. The van der Waals surface area contributed by atoms with Gasteiger partial charge in [0.2, 0.25) is 5.91 Å². The Morgan fingerprint density at radius 3 is 1.90 bits per heavy atom. The lowest BCUT2D eigenvalue weighted by atomic mass is 9.82. The number of carbonyl (C=O) groups is 1. The van der Waals surface area contributed by atoms with Crippen LogP contribution in [0.4, 0.5) is 0 Å². The van der Waals surface area contributed by atoms with E-state index in [4.69, 9.17) is 5.73 Å². The predicted octanol–water partition coefficient (Wildman–Crippen LogP) is 2.54. The maximum atomic E-state index is 11.7. The number of nitroso groups, excluding NO2 is 1. The number of rotatable bonds is 3. The number of nitrogens with zero attached hydrogens (tertiary/aromatic N) is 1. The third kappa shape index (κ3) is 2.33. The van der Waals surface area contributed by atoms with Gasteiger partial charge in [-0.05, 0) is 35.1 Å². The van der Waals surface area contributed by atoms with Gasteiger partial charge in [-0.1, -0.05) is 53.7 Å². The van der Waals surface area contributed by atoms with E-state index in [-0.39, 0.29) is 0 Å². The van der Waals surface area contributed by atoms with E-state index in [0.29, 0.717) is 0 Å². The number of carbonyl (C=O) groups excluding carboxylic acids is 1. The zero-order valence-electron chi connectivity index (χ0n) is 11.5. The molecular weight excluding hydrogens is 264 g/mol. The summed E-state index contributed by atoms with van der Waals surface area (Å²) in [6.07, 6.45) is 1.77. The van der Waals surface area contributed by atoms with E-state index < -0.39 is 17.9 Å². The van der Waals surface area contributed by atoms with Crippen LogP contribution in [0.5, 0.6) is 0 Å². The molecule has 1 unspecified atom stereocenters. The van der Waals surface area contributed by atoms with Gasteiger partial charge in [-0.3, -0.25) is 4.79 Å². The summed E-state index contributed by atoms with van der Waals surface area (Å²) in [5.41, 5.74) is 9.66. The molecule has 0 saturated carbocycles. The maximum absolute atomic E-state index is 11.7. The summed E-state index contributed by atoms with van der Waals surface area (Å²) >= 11 is 0. The Bertz CT molecular complexity index is 649. The summed E-state index contributed by atoms with van der Waals surface area (Å²) in [6.45, 7) is 0. The van der Waals surface area contributed by atoms with Crippen LogP contribution in [-0.4, -0.2) is 11.9 Å². The molecule has 0 spiro atoms. The summed E-state index contributed by atoms with van der Waals surface area (Å²) in [5.74, 6) is -1.07. The van der Waals surface area contributed by atoms with Crippen molar-refractivity contribution in [1.82, 2.24) is 0 Å². The summed E-state index contributed by atoms with van der Waals surface area (Å²) in [5, 5.41) is 3.03. The fourth-order valence-electron chi connectivity index (χ4n) is 3.18. The van der Waals surface area contributed by atoms with Gasteiger partial charge in [0.1, 0.15) is 0 Å². The largest absolute Gasteiger partial charge is 0.368 e. The molecule has 0 aromatic heterocycles. The van der Waals surface area contributed by atoms with Crippen LogP contribution in [0.25, 0.3) is 0 Å². The molecule has 4 heteroatoms. The van der Waals surface area contributed by atoms with Crippen molar-refractivity contribution in [3.63, 3.8) is 0 Å². The second kappa shape index (κ2) is 5.48. The number of benzene rings is 2. The summed E-state index contributed by atoms with van der Waals surface area (Å²) < 4.78 is 0. The second-order valence-electron chi connectivity index (χ2n) is 5.33. The highest BCUT2D eigenvalue weighted by Crippen LogP contribution is 2.37. The molecule has 2 N–H and O–H groups in total. The van der Waals surface area contributed by atoms with Crippen LogP contribution in [0.1, 0.15) is 28.2 Å².